The maximum Gasteiger partial charge on any atom is 0.252 e. The number of H-pyrrole nitrogens is 1. The monoisotopic (exact) mass is 394 g/mol. The van der Waals surface area contributed by atoms with Crippen molar-refractivity contribution in [3.8, 4) is 0 Å². The first-order chi connectivity index (χ1) is 13.9. The molecule has 3 aromatic rings. The summed E-state index contributed by atoms with van der Waals surface area (Å²) in [6.07, 6.45) is 6.62. The minimum Gasteiger partial charge on any atom is -0.356 e. The van der Waals surface area contributed by atoms with Gasteiger partial charge in [0.2, 0.25) is 5.91 Å². The van der Waals surface area contributed by atoms with Crippen LogP contribution in [0.5, 0.6) is 0 Å². The number of pyridine rings is 1. The summed E-state index contributed by atoms with van der Waals surface area (Å²) in [5.41, 5.74) is 4.48. The number of halogens is 1. The van der Waals surface area contributed by atoms with Crippen molar-refractivity contribution < 1.29 is 14.0 Å². The highest BCUT2D eigenvalue weighted by molar-refractivity contribution is 5.95. The van der Waals surface area contributed by atoms with Gasteiger partial charge in [-0.25, -0.2) is 4.39 Å². The first kappa shape index (κ1) is 20.3. The summed E-state index contributed by atoms with van der Waals surface area (Å²) < 4.78 is 14.0. The van der Waals surface area contributed by atoms with Gasteiger partial charge >= 0.3 is 0 Å². The lowest BCUT2D eigenvalue weighted by molar-refractivity contribution is -0.116. The Morgan fingerprint density at radius 3 is 2.79 bits per heavy atom. The minimum atomic E-state index is -0.278. The van der Waals surface area contributed by atoms with Crippen LogP contribution in [0.4, 0.5) is 4.39 Å². The molecule has 2 heterocycles. The first-order valence-electron chi connectivity index (χ1n) is 9.30. The largest absolute Gasteiger partial charge is 0.356 e. The van der Waals surface area contributed by atoms with Crippen LogP contribution < -0.4 is 10.6 Å². The number of amides is 2. The molecule has 0 radical (unpaired) electrons. The lowest BCUT2D eigenvalue weighted by atomic mass is 10.0. The molecule has 150 valence electrons. The Morgan fingerprint density at radius 2 is 2.03 bits per heavy atom. The van der Waals surface area contributed by atoms with E-state index in [4.69, 9.17) is 0 Å². The Hall–Kier alpha value is -3.48. The summed E-state index contributed by atoms with van der Waals surface area (Å²) in [4.78, 5) is 30.9. The molecular formula is C22H23FN4O2. The molecule has 29 heavy (non-hydrogen) atoms. The summed E-state index contributed by atoms with van der Waals surface area (Å²) in [6, 6.07) is 4.87. The lowest BCUT2D eigenvalue weighted by Gasteiger charge is -2.05. The number of aromatic amines is 1. The Morgan fingerprint density at radius 1 is 1.24 bits per heavy atom. The topological polar surface area (TPSA) is 86.9 Å². The van der Waals surface area contributed by atoms with Crippen LogP contribution in [-0.2, 0) is 11.2 Å². The third kappa shape index (κ3) is 4.51. The number of carbonyl (C=O) groups excluding carboxylic acids is 2. The number of nitrogens with zero attached hydrogens (tertiary/aromatic N) is 1. The number of carbonyl (C=O) groups is 2. The molecule has 0 aliphatic rings. The Labute approximate surface area is 168 Å². The molecule has 0 saturated heterocycles. The Kier molecular flexibility index (Phi) is 6.07. The molecule has 0 aliphatic carbocycles. The van der Waals surface area contributed by atoms with Gasteiger partial charge in [-0.2, -0.15) is 0 Å². The van der Waals surface area contributed by atoms with Crippen molar-refractivity contribution in [2.45, 2.75) is 20.3 Å². The van der Waals surface area contributed by atoms with E-state index in [1.807, 2.05) is 13.8 Å². The second-order valence-electron chi connectivity index (χ2n) is 6.80. The van der Waals surface area contributed by atoms with Gasteiger partial charge in [0, 0.05) is 43.1 Å². The molecule has 0 aliphatic heterocycles. The quantitative estimate of drug-likeness (QED) is 0.562. The van der Waals surface area contributed by atoms with E-state index >= 15 is 0 Å². The molecule has 0 fully saturated rings. The van der Waals surface area contributed by atoms with E-state index in [1.165, 1.54) is 18.3 Å². The zero-order valence-electron chi connectivity index (χ0n) is 16.6. The van der Waals surface area contributed by atoms with E-state index in [-0.39, 0.29) is 17.6 Å². The number of hydrogen-bond acceptors (Lipinski definition) is 3. The molecule has 6 nitrogen and oxygen atoms in total. The molecule has 0 bridgehead atoms. The van der Waals surface area contributed by atoms with E-state index in [0.717, 1.165) is 22.2 Å². The highest BCUT2D eigenvalue weighted by Crippen LogP contribution is 2.27. The fourth-order valence-corrected chi connectivity index (χ4v) is 3.31. The zero-order chi connectivity index (χ0) is 21.0. The van der Waals surface area contributed by atoms with Crippen LogP contribution in [0.3, 0.4) is 0 Å². The highest BCUT2D eigenvalue weighted by atomic mass is 19.1. The van der Waals surface area contributed by atoms with Crippen LogP contribution in [0.2, 0.25) is 0 Å². The van der Waals surface area contributed by atoms with Crippen LogP contribution in [-0.4, -0.2) is 35.4 Å². The van der Waals surface area contributed by atoms with Crippen LogP contribution in [0.1, 0.15) is 32.7 Å². The molecule has 2 amide bonds. The van der Waals surface area contributed by atoms with Crippen molar-refractivity contribution in [3.05, 3.63) is 70.4 Å². The van der Waals surface area contributed by atoms with Crippen molar-refractivity contribution in [3.63, 3.8) is 0 Å². The maximum atomic E-state index is 14.0. The van der Waals surface area contributed by atoms with E-state index in [0.29, 0.717) is 29.6 Å². The van der Waals surface area contributed by atoms with Gasteiger partial charge in [-0.3, -0.25) is 14.6 Å². The number of benzene rings is 1. The van der Waals surface area contributed by atoms with Crippen molar-refractivity contribution >= 4 is 28.8 Å². The van der Waals surface area contributed by atoms with E-state index < -0.39 is 0 Å². The lowest BCUT2D eigenvalue weighted by Crippen LogP contribution is -2.23. The van der Waals surface area contributed by atoms with Crippen LogP contribution in [0, 0.1) is 19.7 Å². The molecule has 0 atom stereocenters. The molecule has 3 rings (SSSR count). The molecule has 2 aromatic heterocycles. The summed E-state index contributed by atoms with van der Waals surface area (Å²) in [6.45, 7) is 4.27. The van der Waals surface area contributed by atoms with Crippen molar-refractivity contribution in [1.82, 2.24) is 20.6 Å². The summed E-state index contributed by atoms with van der Waals surface area (Å²) >= 11 is 0. The summed E-state index contributed by atoms with van der Waals surface area (Å²) in [7, 11) is 1.55. The number of aryl methyl sites for hydroxylation is 2. The van der Waals surface area contributed by atoms with Gasteiger partial charge < -0.3 is 15.6 Å². The number of nitrogens with one attached hydrogen (secondary N) is 3. The van der Waals surface area contributed by atoms with Gasteiger partial charge in [-0.1, -0.05) is 6.07 Å². The smallest absolute Gasteiger partial charge is 0.252 e. The summed E-state index contributed by atoms with van der Waals surface area (Å²) in [5.74, 6) is -0.770. The van der Waals surface area contributed by atoms with Crippen molar-refractivity contribution in [2.75, 3.05) is 13.6 Å². The SMILES string of the molecule is CNC(=O)c1cncc(C=CC(=O)NCCc2c(C)[nH]c3c(F)ccc(C)c23)c1. The standard InChI is InChI=1S/C22H23FN4O2/c1-13-4-6-18(23)21-20(13)17(14(2)27-21)8-9-26-19(28)7-5-15-10-16(12-25-11-15)22(29)24-3/h4-7,10-12,27H,8-9H2,1-3H3,(H,24,29)(H,26,28). The maximum absolute atomic E-state index is 14.0. The fraction of sp³-hybridized carbons (Fsp3) is 0.227. The molecule has 0 spiro atoms. The number of aromatic nitrogens is 2. The molecular weight excluding hydrogens is 371 g/mol. The Balaban J connectivity index is 1.63. The molecule has 1 aromatic carbocycles. The number of fused-ring (bicyclic) bond motifs is 1. The third-order valence-corrected chi connectivity index (χ3v) is 4.78. The predicted octanol–water partition coefficient (Wildman–Crippen LogP) is 3.05. The van der Waals surface area contributed by atoms with Crippen LogP contribution >= 0.6 is 0 Å². The zero-order valence-corrected chi connectivity index (χ0v) is 16.6. The normalized spacial score (nSPS) is 11.2. The van der Waals surface area contributed by atoms with Crippen LogP contribution in [0.15, 0.2) is 36.7 Å². The fourth-order valence-electron chi connectivity index (χ4n) is 3.31. The molecule has 0 unspecified atom stereocenters. The third-order valence-electron chi connectivity index (χ3n) is 4.78. The van der Waals surface area contributed by atoms with E-state index in [2.05, 4.69) is 20.6 Å². The first-order valence-corrected chi connectivity index (χ1v) is 9.30. The average molecular weight is 394 g/mol. The average Bonchev–Trinajstić information content (AvgIpc) is 3.06. The second-order valence-corrected chi connectivity index (χ2v) is 6.80. The molecule has 3 N–H and O–H groups in total. The highest BCUT2D eigenvalue weighted by Gasteiger charge is 2.13. The molecule has 0 saturated carbocycles. The van der Waals surface area contributed by atoms with Gasteiger partial charge in [-0.15, -0.1) is 0 Å². The second kappa shape index (κ2) is 8.68. The summed E-state index contributed by atoms with van der Waals surface area (Å²) in [5, 5.41) is 6.24. The van der Waals surface area contributed by atoms with Gasteiger partial charge in [-0.05, 0) is 55.2 Å². The van der Waals surface area contributed by atoms with Gasteiger partial charge in [0.15, 0.2) is 0 Å². The van der Waals surface area contributed by atoms with Gasteiger partial charge in [0.05, 0.1) is 11.1 Å². The van der Waals surface area contributed by atoms with E-state index in [9.17, 15) is 14.0 Å². The van der Waals surface area contributed by atoms with Crippen molar-refractivity contribution in [2.24, 2.45) is 0 Å². The van der Waals surface area contributed by atoms with Gasteiger partial charge in [0.1, 0.15) is 5.82 Å². The molecule has 7 heteroatoms. The Bertz CT molecular complexity index is 1100. The number of rotatable bonds is 6. The minimum absolute atomic E-state index is 0.238. The van der Waals surface area contributed by atoms with Crippen LogP contribution in [0.25, 0.3) is 17.0 Å². The number of hydrogen-bond donors (Lipinski definition) is 3. The van der Waals surface area contributed by atoms with Crippen molar-refractivity contribution in [1.29, 1.82) is 0 Å². The van der Waals surface area contributed by atoms with Gasteiger partial charge in [0.25, 0.3) is 5.91 Å². The predicted molar refractivity (Wildman–Crippen MR) is 111 cm³/mol. The van der Waals surface area contributed by atoms with E-state index in [1.54, 1.807) is 31.5 Å².